The number of fused-ring (bicyclic) bond motifs is 1. The van der Waals surface area contributed by atoms with Gasteiger partial charge in [-0.1, -0.05) is 80.4 Å². The first-order valence-electron chi connectivity index (χ1n) is 31.7. The third kappa shape index (κ3) is 25.9. The fraction of sp³-hybridized carbons (Fsp3) is 0.433. The number of nitrogens with one attached hydrogen (secondary N) is 10. The van der Waals surface area contributed by atoms with Gasteiger partial charge in [0.2, 0.25) is 57.3 Å². The van der Waals surface area contributed by atoms with Crippen LogP contribution in [-0.2, 0) is 75.6 Å². The molecule has 0 saturated heterocycles. The molecule has 5 rings (SSSR count). The highest BCUT2D eigenvalue weighted by atomic mass is 32.2. The minimum absolute atomic E-state index is 0.0106. The van der Waals surface area contributed by atoms with Gasteiger partial charge in [-0.3, -0.25) is 57.5 Å². The van der Waals surface area contributed by atoms with Crippen LogP contribution in [0.1, 0.15) is 141 Å². The lowest BCUT2D eigenvalue weighted by molar-refractivity contribution is -0.140. The van der Waals surface area contributed by atoms with Crippen LogP contribution < -0.4 is 53.0 Å². The number of unbranched alkanes of at least 4 members (excludes halogenated alkanes) is 3. The summed E-state index contributed by atoms with van der Waals surface area (Å²) in [5, 5.41) is 49.6. The maximum Gasteiger partial charge on any atom is 0.305 e. The van der Waals surface area contributed by atoms with Crippen LogP contribution >= 0.6 is 0 Å². The summed E-state index contributed by atoms with van der Waals surface area (Å²) in [5.74, 6) is -12.9. The van der Waals surface area contributed by atoms with E-state index in [0.29, 0.717) is 60.7 Å². The van der Waals surface area contributed by atoms with E-state index in [4.69, 9.17) is 5.73 Å². The minimum atomic E-state index is -4.57. The van der Waals surface area contributed by atoms with Crippen molar-refractivity contribution in [1.29, 1.82) is 0 Å². The first-order valence-corrected chi connectivity index (χ1v) is 33.2. The molecule has 6 atom stereocenters. The number of sulfonamides is 1. The van der Waals surface area contributed by atoms with Gasteiger partial charge in [0.05, 0.1) is 17.9 Å². The number of benzene rings is 4. The number of nitrogens with two attached hydrogens (primary N) is 1. The third-order valence-electron chi connectivity index (χ3n) is 15.7. The van der Waals surface area contributed by atoms with Gasteiger partial charge in [0.1, 0.15) is 42.1 Å². The zero-order chi connectivity index (χ0) is 71.5. The summed E-state index contributed by atoms with van der Waals surface area (Å²) in [6.07, 6.45) is -0.345. The second-order valence-corrected chi connectivity index (χ2v) is 25.6. The smallest absolute Gasteiger partial charge is 0.305 e. The highest BCUT2D eigenvalue weighted by Gasteiger charge is 2.34. The number of amides is 9. The van der Waals surface area contributed by atoms with Crippen molar-refractivity contribution in [3.63, 3.8) is 0 Å². The Morgan fingerprint density at radius 1 is 0.546 bits per heavy atom. The number of aryl methyl sites for hydroxylation is 3. The van der Waals surface area contributed by atoms with E-state index < -0.39 is 162 Å². The monoisotopic (exact) mass is 1370 g/mol. The standard InChI is InChI=1S/C67H86FN11O17S/c1-38(2)43-20-22-46(23-21-43)97(95,96)79-54(35-59(86)87)66(93)77-51(25-27-58(84)85)63(90)73-37-56(81)75-52(33-42-14-13-15-45(68)32-42)64(91)78-53(34-44-36-72-48-17-9-8-16-47(44)48)65(92)76-50(24-26-57(82)83)62(89)70-28-11-6-7-19-55(80)74-49(61(69)88)18-10-12-29-71-67(94)60-40(4)30-39(3)31-41(60)5/h8-9,13-17,20-23,30-32,36,38,49-54,72,79H,6-7,10-12,18-19,24-29,33-35,37H2,1-5H3,(H2,69,88)(H,70,89)(H,71,94)(H,73,90)(H,74,80)(H,75,81)(H,76,92)(H,77,93)(H,78,91)(H,82,83)(H,84,85)(H,86,87). The van der Waals surface area contributed by atoms with Crippen molar-refractivity contribution in [3.8, 4) is 0 Å². The van der Waals surface area contributed by atoms with E-state index in [0.717, 1.165) is 34.4 Å². The lowest BCUT2D eigenvalue weighted by atomic mass is 9.99. The number of carbonyl (C=O) groups excluding carboxylic acids is 9. The highest BCUT2D eigenvalue weighted by molar-refractivity contribution is 7.89. The van der Waals surface area contributed by atoms with Crippen LogP contribution in [0.15, 0.2) is 96.0 Å². The lowest BCUT2D eigenvalue weighted by Gasteiger charge is -2.26. The number of halogens is 1. The number of aliphatic carboxylic acids is 3. The first-order chi connectivity index (χ1) is 45.9. The molecule has 0 spiro atoms. The lowest BCUT2D eigenvalue weighted by Crippen LogP contribution is -2.58. The van der Waals surface area contributed by atoms with Gasteiger partial charge >= 0.3 is 17.9 Å². The van der Waals surface area contributed by atoms with Crippen molar-refractivity contribution < 1.29 is 85.7 Å². The van der Waals surface area contributed by atoms with Gasteiger partial charge in [-0.05, 0) is 130 Å². The average molecular weight is 1370 g/mol. The molecule has 6 unspecified atom stereocenters. The van der Waals surface area contributed by atoms with Crippen LogP contribution in [0.5, 0.6) is 0 Å². The minimum Gasteiger partial charge on any atom is -0.481 e. The Hall–Kier alpha value is -10.1. The predicted octanol–water partition coefficient (Wildman–Crippen LogP) is 2.99. The number of carboxylic acids is 3. The van der Waals surface area contributed by atoms with E-state index >= 15 is 0 Å². The summed E-state index contributed by atoms with van der Waals surface area (Å²) in [6.45, 7) is 8.81. The van der Waals surface area contributed by atoms with Crippen LogP contribution in [0.25, 0.3) is 10.9 Å². The van der Waals surface area contributed by atoms with E-state index in [1.54, 1.807) is 30.5 Å². The van der Waals surface area contributed by atoms with Crippen molar-refractivity contribution in [2.45, 2.75) is 172 Å². The summed E-state index contributed by atoms with van der Waals surface area (Å²) >= 11 is 0. The summed E-state index contributed by atoms with van der Waals surface area (Å²) < 4.78 is 43.4. The van der Waals surface area contributed by atoms with Crippen molar-refractivity contribution in [2.75, 3.05) is 19.6 Å². The average Bonchev–Trinajstić information content (AvgIpc) is 1.82. The number of aromatic nitrogens is 1. The van der Waals surface area contributed by atoms with Gasteiger partial charge in [0.25, 0.3) is 5.91 Å². The van der Waals surface area contributed by atoms with Gasteiger partial charge < -0.3 is 68.6 Å². The Bertz CT molecular complexity index is 3750. The number of aromatic amines is 1. The van der Waals surface area contributed by atoms with Crippen LogP contribution in [0, 0.1) is 26.6 Å². The third-order valence-corrected chi connectivity index (χ3v) is 17.2. The molecule has 1 aromatic heterocycles. The van der Waals surface area contributed by atoms with E-state index in [2.05, 4.69) is 47.5 Å². The highest BCUT2D eigenvalue weighted by Crippen LogP contribution is 2.22. The Balaban J connectivity index is 1.24. The van der Waals surface area contributed by atoms with Gasteiger partial charge in [-0.15, -0.1) is 0 Å². The number of rotatable bonds is 41. The molecule has 5 aromatic rings. The van der Waals surface area contributed by atoms with Crippen LogP contribution in [0.2, 0.25) is 0 Å². The van der Waals surface area contributed by atoms with Crippen LogP contribution in [-0.4, -0.2) is 156 Å². The van der Waals surface area contributed by atoms with Crippen LogP contribution in [0.3, 0.4) is 0 Å². The number of carbonyl (C=O) groups is 12. The molecule has 28 nitrogen and oxygen atoms in total. The van der Waals surface area contributed by atoms with E-state index in [1.165, 1.54) is 36.4 Å². The van der Waals surface area contributed by atoms with Gasteiger partial charge in [-0.25, -0.2) is 12.8 Å². The molecule has 15 N–H and O–H groups in total. The SMILES string of the molecule is Cc1cc(C)c(C(=O)NCCCCC(NC(=O)CCCCCNC(=O)C(CCC(=O)O)NC(=O)C(Cc2c[nH]c3ccccc23)NC(=O)C(Cc2cccc(F)c2)NC(=O)CNC(=O)C(CCC(=O)O)NC(=O)C(CC(=O)O)NS(=O)(=O)c2ccc(C(C)C)cc2)C(N)=O)c(C)c1. The fourth-order valence-corrected chi connectivity index (χ4v) is 11.9. The number of H-pyrrole nitrogens is 1. The molecular formula is C67H86FN11O17S. The second kappa shape index (κ2) is 37.9. The van der Waals surface area contributed by atoms with Gasteiger partial charge in [0, 0.05) is 67.9 Å². The zero-order valence-corrected chi connectivity index (χ0v) is 55.5. The predicted molar refractivity (Wildman–Crippen MR) is 353 cm³/mol. The molecule has 9 amide bonds. The number of primary amides is 1. The Morgan fingerprint density at radius 3 is 1.71 bits per heavy atom. The Morgan fingerprint density at radius 2 is 1.11 bits per heavy atom. The van der Waals surface area contributed by atoms with E-state index in [9.17, 15) is 85.7 Å². The largest absolute Gasteiger partial charge is 0.481 e. The summed E-state index contributed by atoms with van der Waals surface area (Å²) in [4.78, 5) is 160. The molecule has 0 fully saturated rings. The van der Waals surface area contributed by atoms with Crippen molar-refractivity contribution in [1.82, 2.24) is 52.2 Å². The summed E-state index contributed by atoms with van der Waals surface area (Å²) in [6, 6.07) is 11.7. The van der Waals surface area contributed by atoms with Gasteiger partial charge in [-0.2, -0.15) is 4.72 Å². The van der Waals surface area contributed by atoms with E-state index in [-0.39, 0.29) is 48.1 Å². The van der Waals surface area contributed by atoms with Gasteiger partial charge in [0.15, 0.2) is 0 Å². The molecule has 0 bridgehead atoms. The summed E-state index contributed by atoms with van der Waals surface area (Å²) in [7, 11) is -4.57. The first kappa shape index (κ1) is 77.6. The molecule has 4 aromatic carbocycles. The molecular weight excluding hydrogens is 1280 g/mol. The molecule has 0 saturated carbocycles. The quantitative estimate of drug-likeness (QED) is 0.0250. The molecule has 30 heteroatoms. The number of hydrogen-bond acceptors (Lipinski definition) is 14. The summed E-state index contributed by atoms with van der Waals surface area (Å²) in [5.41, 5.74) is 11.0. The Labute approximate surface area is 560 Å². The maximum absolute atomic E-state index is 14.6. The number of para-hydroxylation sites is 1. The molecule has 1 heterocycles. The topological polar surface area (TPSA) is 450 Å². The molecule has 0 aliphatic carbocycles. The molecule has 524 valence electrons. The van der Waals surface area contributed by atoms with Crippen molar-refractivity contribution >= 4 is 92.0 Å². The maximum atomic E-state index is 14.6. The normalized spacial score (nSPS) is 13.1. The molecule has 0 radical (unpaired) electrons. The number of carboxylic acid groups (broad SMARTS) is 3. The molecule has 97 heavy (non-hydrogen) atoms. The van der Waals surface area contributed by atoms with Crippen LogP contribution in [0.4, 0.5) is 4.39 Å². The Kier molecular flexibility index (Phi) is 30.3. The van der Waals surface area contributed by atoms with Crippen molar-refractivity contribution in [2.24, 2.45) is 5.73 Å². The molecule has 0 aliphatic rings. The van der Waals surface area contributed by atoms with E-state index in [1.807, 2.05) is 51.5 Å². The molecule has 0 aliphatic heterocycles. The number of hydrogen-bond donors (Lipinski definition) is 14. The fourth-order valence-electron chi connectivity index (χ4n) is 10.7. The second-order valence-electron chi connectivity index (χ2n) is 23.9. The van der Waals surface area contributed by atoms with Crippen molar-refractivity contribution in [3.05, 3.63) is 136 Å². The zero-order valence-electron chi connectivity index (χ0n) is 54.6.